The van der Waals surface area contributed by atoms with Crippen molar-refractivity contribution in [2.45, 2.75) is 0 Å². The Hall–Kier alpha value is -7.10. The van der Waals surface area contributed by atoms with E-state index in [-0.39, 0.29) is 0 Å². The molecule has 11 aromatic rings. The molecule has 9 aromatic carbocycles. The number of para-hydroxylation sites is 2. The Labute approximate surface area is 305 Å². The van der Waals surface area contributed by atoms with Crippen LogP contribution in [-0.2, 0) is 0 Å². The standard InChI is InChI=1S/C50H31NO2/c1-2-10-40-33(8-1)9-7-13-41(40)34-20-25-38(26-21-34)51(39-27-28-43-42-11-3-5-14-46(42)53-49(43)31-39)37-23-18-32(19-24-37)36-17-16-35-22-29-48-50(45(35)30-36)44-12-4-6-15-47(44)52-48/h1-31H. The number of hydrogen-bond acceptors (Lipinski definition) is 3. The number of furan rings is 2. The Morgan fingerprint density at radius 1 is 0.302 bits per heavy atom. The van der Waals surface area contributed by atoms with Crippen LogP contribution in [0.3, 0.4) is 0 Å². The van der Waals surface area contributed by atoms with Gasteiger partial charge in [-0.25, -0.2) is 0 Å². The lowest BCUT2D eigenvalue weighted by molar-refractivity contribution is 0.668. The van der Waals surface area contributed by atoms with Gasteiger partial charge in [-0.15, -0.1) is 0 Å². The molecule has 0 fully saturated rings. The van der Waals surface area contributed by atoms with Gasteiger partial charge in [0.05, 0.1) is 0 Å². The number of nitrogens with zero attached hydrogens (tertiary/aromatic N) is 1. The molecule has 0 aliphatic heterocycles. The molecule has 0 unspecified atom stereocenters. The van der Waals surface area contributed by atoms with Crippen LogP contribution in [0.15, 0.2) is 197 Å². The number of rotatable bonds is 5. The second-order valence-corrected chi connectivity index (χ2v) is 13.7. The lowest BCUT2D eigenvalue weighted by Gasteiger charge is -2.26. The fourth-order valence-electron chi connectivity index (χ4n) is 8.09. The molecule has 0 aliphatic rings. The van der Waals surface area contributed by atoms with Crippen LogP contribution in [0.4, 0.5) is 17.1 Å². The highest BCUT2D eigenvalue weighted by Gasteiger charge is 2.17. The highest BCUT2D eigenvalue weighted by atomic mass is 16.3. The number of benzene rings is 9. The molecular weight excluding hydrogens is 647 g/mol. The maximum atomic E-state index is 6.36. The number of hydrogen-bond donors (Lipinski definition) is 0. The Balaban J connectivity index is 1.02. The van der Waals surface area contributed by atoms with Crippen LogP contribution >= 0.6 is 0 Å². The maximum Gasteiger partial charge on any atom is 0.137 e. The molecule has 0 aliphatic carbocycles. The molecular formula is C50H31NO2. The summed E-state index contributed by atoms with van der Waals surface area (Å²) in [5, 5.41) is 9.43. The van der Waals surface area contributed by atoms with Gasteiger partial charge in [-0.2, -0.15) is 0 Å². The Bertz CT molecular complexity index is 3160. The van der Waals surface area contributed by atoms with Gasteiger partial charge < -0.3 is 13.7 Å². The summed E-state index contributed by atoms with van der Waals surface area (Å²) in [7, 11) is 0. The van der Waals surface area contributed by atoms with Gasteiger partial charge in [-0.1, -0.05) is 121 Å². The van der Waals surface area contributed by atoms with Crippen molar-refractivity contribution in [2.75, 3.05) is 4.90 Å². The summed E-state index contributed by atoms with van der Waals surface area (Å²) in [4.78, 5) is 2.31. The summed E-state index contributed by atoms with van der Waals surface area (Å²) >= 11 is 0. The predicted octanol–water partition coefficient (Wildman–Crippen LogP) is 14.6. The monoisotopic (exact) mass is 677 g/mol. The van der Waals surface area contributed by atoms with Crippen LogP contribution in [0.5, 0.6) is 0 Å². The molecule has 2 heterocycles. The quantitative estimate of drug-likeness (QED) is 0.182. The van der Waals surface area contributed by atoms with E-state index in [9.17, 15) is 0 Å². The third-order valence-electron chi connectivity index (χ3n) is 10.7. The highest BCUT2D eigenvalue weighted by molar-refractivity contribution is 6.19. The van der Waals surface area contributed by atoms with E-state index in [4.69, 9.17) is 8.83 Å². The molecule has 3 nitrogen and oxygen atoms in total. The minimum atomic E-state index is 0.868. The fourth-order valence-corrected chi connectivity index (χ4v) is 8.09. The van der Waals surface area contributed by atoms with E-state index in [1.807, 2.05) is 24.3 Å². The van der Waals surface area contributed by atoms with Crippen molar-refractivity contribution in [3.05, 3.63) is 188 Å². The Morgan fingerprint density at radius 2 is 0.868 bits per heavy atom. The van der Waals surface area contributed by atoms with E-state index >= 15 is 0 Å². The first-order valence-electron chi connectivity index (χ1n) is 18.0. The van der Waals surface area contributed by atoms with Crippen LogP contribution in [0, 0.1) is 0 Å². The molecule has 0 N–H and O–H groups in total. The van der Waals surface area contributed by atoms with Crippen LogP contribution in [0.1, 0.15) is 0 Å². The molecule has 0 radical (unpaired) electrons. The molecule has 0 spiro atoms. The minimum Gasteiger partial charge on any atom is -0.456 e. The molecule has 0 amide bonds. The average molecular weight is 678 g/mol. The normalized spacial score (nSPS) is 11.8. The van der Waals surface area contributed by atoms with Crippen LogP contribution < -0.4 is 4.90 Å². The van der Waals surface area contributed by atoms with Crippen molar-refractivity contribution < 1.29 is 8.83 Å². The molecule has 2 aromatic heterocycles. The molecule has 0 atom stereocenters. The first kappa shape index (κ1) is 29.6. The second kappa shape index (κ2) is 11.7. The number of anilines is 3. The summed E-state index contributed by atoms with van der Waals surface area (Å²) in [6.45, 7) is 0. The van der Waals surface area contributed by atoms with Crippen LogP contribution in [0.2, 0.25) is 0 Å². The molecule has 248 valence electrons. The van der Waals surface area contributed by atoms with Crippen LogP contribution in [-0.4, -0.2) is 0 Å². The Morgan fingerprint density at radius 3 is 1.68 bits per heavy atom. The van der Waals surface area contributed by atoms with E-state index in [0.29, 0.717) is 0 Å². The van der Waals surface area contributed by atoms with Crippen molar-refractivity contribution in [1.29, 1.82) is 0 Å². The summed E-state index contributed by atoms with van der Waals surface area (Å²) in [6.07, 6.45) is 0. The SMILES string of the molecule is c1ccc2c(-c3ccc(N(c4ccc(-c5ccc6ccc7oc8ccccc8c7c6c5)cc4)c4ccc5c(c4)oc4ccccc45)cc3)cccc2c1. The highest BCUT2D eigenvalue weighted by Crippen LogP contribution is 2.41. The molecule has 0 saturated carbocycles. The number of fused-ring (bicyclic) bond motifs is 9. The van der Waals surface area contributed by atoms with Crippen LogP contribution in [0.25, 0.3) is 87.7 Å². The lowest BCUT2D eigenvalue weighted by atomic mass is 9.97. The van der Waals surface area contributed by atoms with Crippen molar-refractivity contribution in [3.8, 4) is 22.3 Å². The first-order chi connectivity index (χ1) is 26.2. The van der Waals surface area contributed by atoms with Gasteiger partial charge in [-0.05, 0) is 104 Å². The maximum absolute atomic E-state index is 6.36. The van der Waals surface area contributed by atoms with Crippen molar-refractivity contribution >= 4 is 82.5 Å². The largest absolute Gasteiger partial charge is 0.456 e. The molecule has 11 rings (SSSR count). The summed E-state index contributed by atoms with van der Waals surface area (Å²) in [5.74, 6) is 0. The second-order valence-electron chi connectivity index (χ2n) is 13.7. The first-order valence-corrected chi connectivity index (χ1v) is 18.0. The van der Waals surface area contributed by atoms with Gasteiger partial charge in [-0.3, -0.25) is 0 Å². The third kappa shape index (κ3) is 4.82. The smallest absolute Gasteiger partial charge is 0.137 e. The van der Waals surface area contributed by atoms with E-state index in [2.05, 4.69) is 169 Å². The molecule has 3 heteroatoms. The lowest BCUT2D eigenvalue weighted by Crippen LogP contribution is -2.09. The Kier molecular flexibility index (Phi) is 6.55. The van der Waals surface area contributed by atoms with Gasteiger partial charge in [0, 0.05) is 44.7 Å². The van der Waals surface area contributed by atoms with E-state index in [1.54, 1.807) is 0 Å². The minimum absolute atomic E-state index is 0.868. The van der Waals surface area contributed by atoms with E-state index < -0.39 is 0 Å². The van der Waals surface area contributed by atoms with Crippen molar-refractivity contribution in [2.24, 2.45) is 0 Å². The molecule has 53 heavy (non-hydrogen) atoms. The zero-order valence-electron chi connectivity index (χ0n) is 28.7. The van der Waals surface area contributed by atoms with Crippen molar-refractivity contribution in [1.82, 2.24) is 0 Å². The van der Waals surface area contributed by atoms with Gasteiger partial charge in [0.1, 0.15) is 22.3 Å². The summed E-state index contributed by atoms with van der Waals surface area (Å²) in [6, 6.07) is 66.9. The van der Waals surface area contributed by atoms with Gasteiger partial charge >= 0.3 is 0 Å². The van der Waals surface area contributed by atoms with E-state index in [1.165, 1.54) is 32.7 Å². The average Bonchev–Trinajstić information content (AvgIpc) is 3.79. The topological polar surface area (TPSA) is 29.5 Å². The molecule has 0 bridgehead atoms. The third-order valence-corrected chi connectivity index (χ3v) is 10.7. The molecule has 0 saturated heterocycles. The van der Waals surface area contributed by atoms with Gasteiger partial charge in [0.25, 0.3) is 0 Å². The van der Waals surface area contributed by atoms with E-state index in [0.717, 1.165) is 72.1 Å². The van der Waals surface area contributed by atoms with Gasteiger partial charge in [0.2, 0.25) is 0 Å². The fraction of sp³-hybridized carbons (Fsp3) is 0. The summed E-state index contributed by atoms with van der Waals surface area (Å²) < 4.78 is 12.6. The zero-order chi connectivity index (χ0) is 34.9. The van der Waals surface area contributed by atoms with Gasteiger partial charge in [0.15, 0.2) is 0 Å². The summed E-state index contributed by atoms with van der Waals surface area (Å²) in [5.41, 5.74) is 11.5. The zero-order valence-corrected chi connectivity index (χ0v) is 28.7. The predicted molar refractivity (Wildman–Crippen MR) is 222 cm³/mol. The van der Waals surface area contributed by atoms with Crippen molar-refractivity contribution in [3.63, 3.8) is 0 Å².